The molecule has 14 heavy (non-hydrogen) atoms. The lowest BCUT2D eigenvalue weighted by atomic mass is 9.79. The van der Waals surface area contributed by atoms with Gasteiger partial charge in [-0.05, 0) is 24.7 Å². The Morgan fingerprint density at radius 3 is 2.29 bits per heavy atom. The van der Waals surface area contributed by atoms with Crippen LogP contribution >= 0.6 is 22.6 Å². The minimum Gasteiger partial charge on any atom is -0.0826 e. The van der Waals surface area contributed by atoms with Gasteiger partial charge in [0.2, 0.25) is 0 Å². The van der Waals surface area contributed by atoms with Crippen LogP contribution in [0, 0.1) is 11.8 Å². The van der Waals surface area contributed by atoms with E-state index in [2.05, 4.69) is 36.4 Å². The van der Waals surface area contributed by atoms with Crippen molar-refractivity contribution in [1.29, 1.82) is 0 Å². The SMILES string of the molecule is CCCCCC1CCC(C(C)I)CC1. The van der Waals surface area contributed by atoms with Gasteiger partial charge in [-0.2, -0.15) is 0 Å². The van der Waals surface area contributed by atoms with Crippen LogP contribution in [0.1, 0.15) is 65.2 Å². The summed E-state index contributed by atoms with van der Waals surface area (Å²) in [7, 11) is 0. The first-order valence-electron chi connectivity index (χ1n) is 6.38. The van der Waals surface area contributed by atoms with Crippen LogP contribution in [-0.4, -0.2) is 3.92 Å². The summed E-state index contributed by atoms with van der Waals surface area (Å²) in [6.07, 6.45) is 11.8. The average molecular weight is 308 g/mol. The van der Waals surface area contributed by atoms with Crippen LogP contribution in [0.15, 0.2) is 0 Å². The molecule has 1 rings (SSSR count). The van der Waals surface area contributed by atoms with Gasteiger partial charge in [0.1, 0.15) is 0 Å². The van der Waals surface area contributed by atoms with E-state index in [0.717, 1.165) is 15.8 Å². The maximum Gasteiger partial charge on any atom is 0.0110 e. The molecule has 1 unspecified atom stereocenters. The molecule has 0 aliphatic heterocycles. The Bertz CT molecular complexity index is 134. The number of hydrogen-bond donors (Lipinski definition) is 0. The topological polar surface area (TPSA) is 0 Å². The molecule has 0 nitrogen and oxygen atoms in total. The minimum absolute atomic E-state index is 0.893. The molecule has 0 aromatic rings. The Labute approximate surface area is 103 Å². The van der Waals surface area contributed by atoms with Crippen LogP contribution in [0.3, 0.4) is 0 Å². The second-order valence-corrected chi connectivity index (χ2v) is 6.92. The number of halogens is 1. The Morgan fingerprint density at radius 2 is 1.79 bits per heavy atom. The largest absolute Gasteiger partial charge is 0.0826 e. The summed E-state index contributed by atoms with van der Waals surface area (Å²) < 4.78 is 0.893. The molecule has 0 aromatic carbocycles. The highest BCUT2D eigenvalue weighted by Crippen LogP contribution is 2.35. The van der Waals surface area contributed by atoms with Gasteiger partial charge in [-0.3, -0.25) is 0 Å². The fraction of sp³-hybridized carbons (Fsp3) is 1.00. The van der Waals surface area contributed by atoms with Gasteiger partial charge in [0.05, 0.1) is 0 Å². The molecular formula is C13H25I. The molecule has 1 atom stereocenters. The molecule has 1 fully saturated rings. The maximum atomic E-state index is 2.60. The number of alkyl halides is 1. The summed E-state index contributed by atoms with van der Waals surface area (Å²) in [6, 6.07) is 0. The lowest BCUT2D eigenvalue weighted by Gasteiger charge is -2.30. The molecule has 1 aliphatic rings. The van der Waals surface area contributed by atoms with Crippen LogP contribution in [0.5, 0.6) is 0 Å². The van der Waals surface area contributed by atoms with E-state index in [9.17, 15) is 0 Å². The van der Waals surface area contributed by atoms with Gasteiger partial charge in [-0.25, -0.2) is 0 Å². The van der Waals surface area contributed by atoms with E-state index >= 15 is 0 Å². The van der Waals surface area contributed by atoms with Crippen LogP contribution in [0.2, 0.25) is 0 Å². The first-order valence-corrected chi connectivity index (χ1v) is 7.62. The molecule has 0 amide bonds. The number of rotatable bonds is 5. The molecule has 0 spiro atoms. The highest BCUT2D eigenvalue weighted by Gasteiger charge is 2.23. The predicted octanol–water partition coefficient (Wildman–Crippen LogP) is 5.20. The van der Waals surface area contributed by atoms with Gasteiger partial charge < -0.3 is 0 Å². The van der Waals surface area contributed by atoms with Gasteiger partial charge in [0, 0.05) is 3.92 Å². The lowest BCUT2D eigenvalue weighted by molar-refractivity contribution is 0.261. The maximum absolute atomic E-state index is 2.60. The second-order valence-electron chi connectivity index (χ2n) is 4.95. The molecule has 1 aliphatic carbocycles. The van der Waals surface area contributed by atoms with E-state index in [-0.39, 0.29) is 0 Å². The summed E-state index contributed by atoms with van der Waals surface area (Å²) in [6.45, 7) is 4.68. The highest BCUT2D eigenvalue weighted by atomic mass is 127. The Balaban J connectivity index is 2.09. The molecule has 0 heterocycles. The lowest BCUT2D eigenvalue weighted by Crippen LogP contribution is -2.19. The normalized spacial score (nSPS) is 30.2. The van der Waals surface area contributed by atoms with Crippen molar-refractivity contribution in [1.82, 2.24) is 0 Å². The number of unbranched alkanes of at least 4 members (excludes halogenated alkanes) is 2. The molecule has 1 heteroatoms. The Kier molecular flexibility index (Phi) is 6.47. The summed E-state index contributed by atoms with van der Waals surface area (Å²) in [5.41, 5.74) is 0. The molecule has 0 bridgehead atoms. The fourth-order valence-electron chi connectivity index (χ4n) is 2.62. The smallest absolute Gasteiger partial charge is 0.0110 e. The van der Waals surface area contributed by atoms with Crippen LogP contribution in [0.4, 0.5) is 0 Å². The van der Waals surface area contributed by atoms with Gasteiger partial charge in [-0.15, -0.1) is 0 Å². The predicted molar refractivity (Wildman–Crippen MR) is 73.1 cm³/mol. The van der Waals surface area contributed by atoms with Gasteiger partial charge >= 0.3 is 0 Å². The molecule has 84 valence electrons. The van der Waals surface area contributed by atoms with Crippen molar-refractivity contribution in [2.24, 2.45) is 11.8 Å². The van der Waals surface area contributed by atoms with Crippen LogP contribution in [-0.2, 0) is 0 Å². The molecule has 1 saturated carbocycles. The molecular weight excluding hydrogens is 283 g/mol. The summed E-state index contributed by atoms with van der Waals surface area (Å²) in [5, 5.41) is 0. The highest BCUT2D eigenvalue weighted by molar-refractivity contribution is 14.1. The van der Waals surface area contributed by atoms with Crippen molar-refractivity contribution < 1.29 is 0 Å². The Morgan fingerprint density at radius 1 is 1.14 bits per heavy atom. The first-order chi connectivity index (χ1) is 6.74. The Hall–Kier alpha value is 0.730. The van der Waals surface area contributed by atoms with Crippen molar-refractivity contribution in [3.05, 3.63) is 0 Å². The molecule has 0 N–H and O–H groups in total. The van der Waals surface area contributed by atoms with E-state index in [1.807, 2.05) is 0 Å². The van der Waals surface area contributed by atoms with Crippen LogP contribution in [0.25, 0.3) is 0 Å². The quantitative estimate of drug-likeness (QED) is 0.372. The third-order valence-corrected chi connectivity index (χ3v) is 4.77. The zero-order chi connectivity index (χ0) is 10.4. The zero-order valence-corrected chi connectivity index (χ0v) is 11.9. The zero-order valence-electron chi connectivity index (χ0n) is 9.77. The minimum atomic E-state index is 0.893. The molecule has 0 radical (unpaired) electrons. The van der Waals surface area contributed by atoms with Crippen molar-refractivity contribution in [3.8, 4) is 0 Å². The van der Waals surface area contributed by atoms with Crippen molar-refractivity contribution in [3.63, 3.8) is 0 Å². The van der Waals surface area contributed by atoms with Gasteiger partial charge in [-0.1, -0.05) is 75.0 Å². The van der Waals surface area contributed by atoms with Gasteiger partial charge in [0.15, 0.2) is 0 Å². The summed E-state index contributed by atoms with van der Waals surface area (Å²) in [4.78, 5) is 0. The second kappa shape index (κ2) is 7.08. The van der Waals surface area contributed by atoms with E-state index < -0.39 is 0 Å². The summed E-state index contributed by atoms with van der Waals surface area (Å²) >= 11 is 2.60. The van der Waals surface area contributed by atoms with Crippen LogP contribution < -0.4 is 0 Å². The van der Waals surface area contributed by atoms with Crippen molar-refractivity contribution >= 4 is 22.6 Å². The number of hydrogen-bond acceptors (Lipinski definition) is 0. The van der Waals surface area contributed by atoms with Crippen molar-refractivity contribution in [2.45, 2.75) is 69.1 Å². The standard InChI is InChI=1S/C13H25I/c1-3-4-5-6-12-7-9-13(10-8-12)11(2)14/h11-13H,3-10H2,1-2H3. The fourth-order valence-corrected chi connectivity index (χ4v) is 3.34. The third-order valence-electron chi connectivity index (χ3n) is 3.76. The van der Waals surface area contributed by atoms with Crippen molar-refractivity contribution in [2.75, 3.05) is 0 Å². The van der Waals surface area contributed by atoms with E-state index in [1.54, 1.807) is 0 Å². The molecule has 0 aromatic heterocycles. The molecule has 0 saturated heterocycles. The first kappa shape index (κ1) is 12.8. The van der Waals surface area contributed by atoms with Gasteiger partial charge in [0.25, 0.3) is 0 Å². The van der Waals surface area contributed by atoms with E-state index in [4.69, 9.17) is 0 Å². The average Bonchev–Trinajstić information content (AvgIpc) is 2.19. The third kappa shape index (κ3) is 4.50. The monoisotopic (exact) mass is 308 g/mol. The van der Waals surface area contributed by atoms with E-state index in [1.165, 1.54) is 51.4 Å². The summed E-state index contributed by atoms with van der Waals surface area (Å²) in [5.74, 6) is 2.10. The van der Waals surface area contributed by atoms with E-state index in [0.29, 0.717) is 0 Å².